The summed E-state index contributed by atoms with van der Waals surface area (Å²) >= 11 is 0. The number of aryl methyl sites for hydroxylation is 1. The monoisotopic (exact) mass is 221 g/mol. The molecule has 3 nitrogen and oxygen atoms in total. The van der Waals surface area contributed by atoms with Gasteiger partial charge in [-0.3, -0.25) is 0 Å². The van der Waals surface area contributed by atoms with Crippen LogP contribution in [0.25, 0.3) is 0 Å². The van der Waals surface area contributed by atoms with Crippen LogP contribution in [-0.2, 0) is 15.9 Å². The van der Waals surface area contributed by atoms with Crippen LogP contribution in [0.5, 0.6) is 0 Å². The van der Waals surface area contributed by atoms with Crippen LogP contribution in [0.4, 0.5) is 0 Å². The van der Waals surface area contributed by atoms with E-state index in [1.807, 2.05) is 0 Å². The van der Waals surface area contributed by atoms with Crippen molar-refractivity contribution in [2.75, 3.05) is 19.8 Å². The smallest absolute Gasteiger partial charge is 0.104 e. The topological polar surface area (TPSA) is 44.5 Å². The Morgan fingerprint density at radius 3 is 2.56 bits per heavy atom. The molecule has 1 aromatic carbocycles. The summed E-state index contributed by atoms with van der Waals surface area (Å²) in [7, 11) is 0. The molecule has 2 N–H and O–H groups in total. The SMILES string of the molecule is CCc1ccc(C(N)COC2COC2)cc1. The molecular weight excluding hydrogens is 202 g/mol. The third-order valence-corrected chi connectivity index (χ3v) is 2.94. The maximum atomic E-state index is 6.05. The number of nitrogens with two attached hydrogens (primary N) is 1. The van der Waals surface area contributed by atoms with E-state index in [-0.39, 0.29) is 12.1 Å². The van der Waals surface area contributed by atoms with Gasteiger partial charge < -0.3 is 15.2 Å². The standard InChI is InChI=1S/C13H19NO2/c1-2-10-3-5-11(6-4-10)13(14)9-16-12-7-15-8-12/h3-6,12-13H,2,7-9,14H2,1H3. The summed E-state index contributed by atoms with van der Waals surface area (Å²) in [5.74, 6) is 0. The van der Waals surface area contributed by atoms with Crippen molar-refractivity contribution < 1.29 is 9.47 Å². The molecule has 0 saturated carbocycles. The van der Waals surface area contributed by atoms with Gasteiger partial charge in [0, 0.05) is 0 Å². The van der Waals surface area contributed by atoms with Gasteiger partial charge in [-0.1, -0.05) is 31.2 Å². The molecule has 0 amide bonds. The second-order valence-electron chi connectivity index (χ2n) is 4.19. The van der Waals surface area contributed by atoms with Crippen molar-refractivity contribution in [3.05, 3.63) is 35.4 Å². The highest BCUT2D eigenvalue weighted by atomic mass is 16.6. The number of rotatable bonds is 5. The fourth-order valence-electron chi connectivity index (χ4n) is 1.65. The van der Waals surface area contributed by atoms with Gasteiger partial charge in [-0.25, -0.2) is 0 Å². The molecule has 0 aliphatic carbocycles. The summed E-state index contributed by atoms with van der Waals surface area (Å²) in [5, 5.41) is 0. The van der Waals surface area contributed by atoms with Crippen LogP contribution in [0.2, 0.25) is 0 Å². The lowest BCUT2D eigenvalue weighted by Crippen LogP contribution is -2.37. The third-order valence-electron chi connectivity index (χ3n) is 2.94. The maximum absolute atomic E-state index is 6.05. The Morgan fingerprint density at radius 1 is 1.38 bits per heavy atom. The highest BCUT2D eigenvalue weighted by Crippen LogP contribution is 2.14. The Hall–Kier alpha value is -0.900. The molecule has 1 atom stereocenters. The quantitative estimate of drug-likeness (QED) is 0.822. The van der Waals surface area contributed by atoms with Crippen LogP contribution >= 0.6 is 0 Å². The lowest BCUT2D eigenvalue weighted by atomic mass is 10.1. The molecule has 0 bridgehead atoms. The zero-order chi connectivity index (χ0) is 11.4. The molecule has 0 aromatic heterocycles. The van der Waals surface area contributed by atoms with E-state index < -0.39 is 0 Å². The van der Waals surface area contributed by atoms with Gasteiger partial charge in [0.2, 0.25) is 0 Å². The maximum Gasteiger partial charge on any atom is 0.104 e. The van der Waals surface area contributed by atoms with Gasteiger partial charge in [0.05, 0.1) is 25.9 Å². The Kier molecular flexibility index (Phi) is 3.93. The van der Waals surface area contributed by atoms with E-state index in [1.54, 1.807) is 0 Å². The number of ether oxygens (including phenoxy) is 2. The van der Waals surface area contributed by atoms with Crippen molar-refractivity contribution in [1.29, 1.82) is 0 Å². The first-order valence-corrected chi connectivity index (χ1v) is 5.83. The van der Waals surface area contributed by atoms with Crippen LogP contribution in [0.15, 0.2) is 24.3 Å². The lowest BCUT2D eigenvalue weighted by molar-refractivity contribution is -0.131. The van der Waals surface area contributed by atoms with Crippen LogP contribution in [-0.4, -0.2) is 25.9 Å². The van der Waals surface area contributed by atoms with Crippen molar-refractivity contribution >= 4 is 0 Å². The van der Waals surface area contributed by atoms with Gasteiger partial charge in [-0.2, -0.15) is 0 Å². The summed E-state index contributed by atoms with van der Waals surface area (Å²) in [6, 6.07) is 8.39. The minimum atomic E-state index is -0.0356. The van der Waals surface area contributed by atoms with Crippen molar-refractivity contribution in [2.24, 2.45) is 5.73 Å². The zero-order valence-corrected chi connectivity index (χ0v) is 9.69. The fourth-order valence-corrected chi connectivity index (χ4v) is 1.65. The lowest BCUT2D eigenvalue weighted by Gasteiger charge is -2.27. The average molecular weight is 221 g/mol. The minimum Gasteiger partial charge on any atom is -0.376 e. The molecule has 1 fully saturated rings. The Labute approximate surface area is 96.5 Å². The zero-order valence-electron chi connectivity index (χ0n) is 9.69. The molecule has 1 aromatic rings. The Balaban J connectivity index is 1.84. The molecule has 1 saturated heterocycles. The molecule has 3 heteroatoms. The molecule has 0 radical (unpaired) electrons. The highest BCUT2D eigenvalue weighted by Gasteiger charge is 2.20. The third kappa shape index (κ3) is 2.82. The normalized spacial score (nSPS) is 18.1. The van der Waals surface area contributed by atoms with Gasteiger partial charge in [-0.05, 0) is 17.5 Å². The molecule has 2 rings (SSSR count). The summed E-state index contributed by atoms with van der Waals surface area (Å²) in [6.07, 6.45) is 1.31. The molecule has 16 heavy (non-hydrogen) atoms. The van der Waals surface area contributed by atoms with Crippen LogP contribution in [0.3, 0.4) is 0 Å². The first-order valence-electron chi connectivity index (χ1n) is 5.83. The molecule has 1 heterocycles. The molecule has 0 spiro atoms. The average Bonchev–Trinajstić information content (AvgIpc) is 2.27. The van der Waals surface area contributed by atoms with E-state index in [4.69, 9.17) is 15.2 Å². The molecular formula is C13H19NO2. The number of hydrogen-bond donors (Lipinski definition) is 1. The van der Waals surface area contributed by atoms with E-state index in [1.165, 1.54) is 5.56 Å². The van der Waals surface area contributed by atoms with Gasteiger partial charge in [-0.15, -0.1) is 0 Å². The Morgan fingerprint density at radius 2 is 2.06 bits per heavy atom. The van der Waals surface area contributed by atoms with Gasteiger partial charge in [0.1, 0.15) is 6.10 Å². The minimum absolute atomic E-state index is 0.0356. The summed E-state index contributed by atoms with van der Waals surface area (Å²) < 4.78 is 10.6. The highest BCUT2D eigenvalue weighted by molar-refractivity contribution is 5.24. The molecule has 1 unspecified atom stereocenters. The van der Waals surface area contributed by atoms with Crippen molar-refractivity contribution in [2.45, 2.75) is 25.5 Å². The fraction of sp³-hybridized carbons (Fsp3) is 0.538. The van der Waals surface area contributed by atoms with Crippen LogP contribution in [0, 0.1) is 0 Å². The van der Waals surface area contributed by atoms with Gasteiger partial charge >= 0.3 is 0 Å². The van der Waals surface area contributed by atoms with Crippen molar-refractivity contribution in [3.8, 4) is 0 Å². The van der Waals surface area contributed by atoms with Gasteiger partial charge in [0.15, 0.2) is 0 Å². The van der Waals surface area contributed by atoms with Crippen LogP contribution < -0.4 is 5.73 Å². The Bertz CT molecular complexity index is 319. The summed E-state index contributed by atoms with van der Waals surface area (Å²) in [6.45, 7) is 4.14. The van der Waals surface area contributed by atoms with E-state index in [0.717, 1.165) is 12.0 Å². The second-order valence-corrected chi connectivity index (χ2v) is 4.19. The first-order chi connectivity index (χ1) is 7.79. The summed E-state index contributed by atoms with van der Waals surface area (Å²) in [5.41, 5.74) is 8.52. The molecule has 88 valence electrons. The number of benzene rings is 1. The first kappa shape index (κ1) is 11.6. The predicted molar refractivity (Wildman–Crippen MR) is 63.3 cm³/mol. The van der Waals surface area contributed by atoms with E-state index in [9.17, 15) is 0 Å². The molecule has 1 aliphatic heterocycles. The second kappa shape index (κ2) is 5.43. The van der Waals surface area contributed by atoms with E-state index in [0.29, 0.717) is 19.8 Å². The predicted octanol–water partition coefficient (Wildman–Crippen LogP) is 1.66. The van der Waals surface area contributed by atoms with E-state index >= 15 is 0 Å². The van der Waals surface area contributed by atoms with Crippen molar-refractivity contribution in [3.63, 3.8) is 0 Å². The number of hydrogen-bond acceptors (Lipinski definition) is 3. The summed E-state index contributed by atoms with van der Waals surface area (Å²) in [4.78, 5) is 0. The molecule has 1 aliphatic rings. The van der Waals surface area contributed by atoms with Crippen LogP contribution in [0.1, 0.15) is 24.1 Å². The van der Waals surface area contributed by atoms with Crippen molar-refractivity contribution in [1.82, 2.24) is 0 Å². The van der Waals surface area contributed by atoms with E-state index in [2.05, 4.69) is 31.2 Å². The van der Waals surface area contributed by atoms with Gasteiger partial charge in [0.25, 0.3) is 0 Å². The largest absolute Gasteiger partial charge is 0.376 e.